The van der Waals surface area contributed by atoms with Gasteiger partial charge < -0.3 is 4.57 Å². The van der Waals surface area contributed by atoms with Gasteiger partial charge in [-0.25, -0.2) is 9.37 Å². The molecule has 0 saturated heterocycles. The summed E-state index contributed by atoms with van der Waals surface area (Å²) < 4.78 is 16.6. The highest BCUT2D eigenvalue weighted by atomic mass is 79.9. The van der Waals surface area contributed by atoms with E-state index in [0.717, 1.165) is 36.1 Å². The molecule has 1 fully saturated rings. The van der Waals surface area contributed by atoms with E-state index in [1.165, 1.54) is 6.42 Å². The summed E-state index contributed by atoms with van der Waals surface area (Å²) in [6.45, 7) is 4.11. The predicted octanol–water partition coefficient (Wildman–Crippen LogP) is 5.53. The van der Waals surface area contributed by atoms with E-state index >= 15 is 0 Å². The molecule has 1 aliphatic rings. The molecule has 0 aliphatic heterocycles. The summed E-state index contributed by atoms with van der Waals surface area (Å²) in [4.78, 5) is 4.64. The van der Waals surface area contributed by atoms with Gasteiger partial charge in [0.1, 0.15) is 11.6 Å². The van der Waals surface area contributed by atoms with E-state index in [1.807, 2.05) is 6.92 Å². The first-order valence-corrected chi connectivity index (χ1v) is 8.23. The van der Waals surface area contributed by atoms with Gasteiger partial charge in [0.15, 0.2) is 0 Å². The zero-order chi connectivity index (χ0) is 14.5. The number of fused-ring (bicyclic) bond motifs is 1. The van der Waals surface area contributed by atoms with E-state index in [0.29, 0.717) is 4.47 Å². The van der Waals surface area contributed by atoms with Crippen LogP contribution in [0.4, 0.5) is 4.39 Å². The molecule has 1 atom stereocenters. The third-order valence-electron chi connectivity index (χ3n) is 4.49. The molecule has 1 aliphatic carbocycles. The van der Waals surface area contributed by atoms with Crippen LogP contribution in [0.15, 0.2) is 16.6 Å². The molecule has 0 N–H and O–H groups in total. The van der Waals surface area contributed by atoms with Crippen molar-refractivity contribution in [1.82, 2.24) is 9.55 Å². The fourth-order valence-electron chi connectivity index (χ4n) is 3.18. The van der Waals surface area contributed by atoms with Gasteiger partial charge in [0, 0.05) is 11.6 Å². The first kappa shape index (κ1) is 14.3. The molecule has 20 heavy (non-hydrogen) atoms. The van der Waals surface area contributed by atoms with Crippen LogP contribution in [-0.2, 0) is 5.54 Å². The third-order valence-corrected chi connectivity index (χ3v) is 5.30. The molecule has 0 amide bonds. The van der Waals surface area contributed by atoms with Crippen LogP contribution < -0.4 is 0 Å². The lowest BCUT2D eigenvalue weighted by molar-refractivity contribution is 0.137. The summed E-state index contributed by atoms with van der Waals surface area (Å²) in [6, 6.07) is 3.32. The monoisotopic (exact) mass is 358 g/mol. The van der Waals surface area contributed by atoms with Crippen LogP contribution in [0.5, 0.6) is 0 Å². The van der Waals surface area contributed by atoms with Gasteiger partial charge in [-0.05, 0) is 54.6 Å². The molecule has 1 unspecified atom stereocenters. The number of imidazole rings is 1. The van der Waals surface area contributed by atoms with Crippen molar-refractivity contribution in [3.05, 3.63) is 28.2 Å². The minimum atomic E-state index is -0.252. The number of benzene rings is 1. The molecule has 108 valence electrons. The first-order valence-electron chi connectivity index (χ1n) is 7.00. The van der Waals surface area contributed by atoms with E-state index < -0.39 is 0 Å². The molecule has 0 spiro atoms. The van der Waals surface area contributed by atoms with E-state index in [-0.39, 0.29) is 16.7 Å². The van der Waals surface area contributed by atoms with Crippen molar-refractivity contribution in [3.63, 3.8) is 0 Å². The Balaban J connectivity index is 2.32. The molecular formula is C15H17BrClFN2. The predicted molar refractivity (Wildman–Crippen MR) is 83.8 cm³/mol. The summed E-state index contributed by atoms with van der Waals surface area (Å²) >= 11 is 9.54. The summed E-state index contributed by atoms with van der Waals surface area (Å²) in [5.41, 5.74) is 1.73. The average molecular weight is 360 g/mol. The summed E-state index contributed by atoms with van der Waals surface area (Å²) in [5, 5.41) is -0.187. The van der Waals surface area contributed by atoms with Crippen LogP contribution in [0, 0.1) is 5.82 Å². The van der Waals surface area contributed by atoms with Crippen LogP contribution >= 0.6 is 27.5 Å². The average Bonchev–Trinajstić information content (AvgIpc) is 2.69. The number of halogens is 3. The number of aromatic nitrogens is 2. The number of hydrogen-bond acceptors (Lipinski definition) is 1. The molecule has 1 aromatic carbocycles. The highest BCUT2D eigenvalue weighted by molar-refractivity contribution is 9.10. The normalized spacial score (nSPS) is 19.1. The maximum atomic E-state index is 13.9. The molecule has 1 aromatic heterocycles. The zero-order valence-corrected chi connectivity index (χ0v) is 13.9. The van der Waals surface area contributed by atoms with Gasteiger partial charge in [0.2, 0.25) is 0 Å². The number of alkyl halides is 1. The van der Waals surface area contributed by atoms with E-state index in [2.05, 4.69) is 32.4 Å². The molecule has 3 rings (SSSR count). The van der Waals surface area contributed by atoms with Gasteiger partial charge in [-0.1, -0.05) is 6.92 Å². The van der Waals surface area contributed by atoms with Crippen molar-refractivity contribution in [2.24, 2.45) is 0 Å². The quantitative estimate of drug-likeness (QED) is 0.659. The Hall–Kier alpha value is -0.610. The maximum Gasteiger partial charge on any atom is 0.139 e. The van der Waals surface area contributed by atoms with Gasteiger partial charge in [-0.15, -0.1) is 11.6 Å². The molecule has 5 heteroatoms. The van der Waals surface area contributed by atoms with Gasteiger partial charge in [0.05, 0.1) is 20.9 Å². The smallest absolute Gasteiger partial charge is 0.139 e. The van der Waals surface area contributed by atoms with Crippen molar-refractivity contribution in [3.8, 4) is 0 Å². The van der Waals surface area contributed by atoms with Crippen LogP contribution in [-0.4, -0.2) is 9.55 Å². The minimum absolute atomic E-state index is 0.0630. The van der Waals surface area contributed by atoms with E-state index in [4.69, 9.17) is 11.6 Å². The van der Waals surface area contributed by atoms with E-state index in [9.17, 15) is 4.39 Å². The first-order chi connectivity index (χ1) is 9.48. The minimum Gasteiger partial charge on any atom is -0.320 e. The molecule has 2 nitrogen and oxygen atoms in total. The van der Waals surface area contributed by atoms with Gasteiger partial charge >= 0.3 is 0 Å². The standard InChI is InChI=1S/C15H17BrClFN2/c1-3-15(5-4-6-15)20-13-8-11(18)10(16)7-12(13)19-14(20)9(2)17/h7-9H,3-6H2,1-2H3. The molecule has 1 saturated carbocycles. The van der Waals surface area contributed by atoms with Crippen molar-refractivity contribution in [1.29, 1.82) is 0 Å². The maximum absolute atomic E-state index is 13.9. The Labute approximate surface area is 131 Å². The van der Waals surface area contributed by atoms with Gasteiger partial charge in [-0.3, -0.25) is 0 Å². The molecule has 2 aromatic rings. The second-order valence-corrected chi connectivity index (χ2v) is 7.12. The van der Waals surface area contributed by atoms with Crippen LogP contribution in [0.2, 0.25) is 0 Å². The Morgan fingerprint density at radius 1 is 1.50 bits per heavy atom. The lowest BCUT2D eigenvalue weighted by atomic mass is 9.74. The second kappa shape index (κ2) is 4.99. The Kier molecular flexibility index (Phi) is 3.57. The number of hydrogen-bond donors (Lipinski definition) is 0. The second-order valence-electron chi connectivity index (χ2n) is 5.61. The van der Waals surface area contributed by atoms with Crippen molar-refractivity contribution in [2.75, 3.05) is 0 Å². The fourth-order valence-corrected chi connectivity index (χ4v) is 3.65. The third kappa shape index (κ3) is 2.00. The summed E-state index contributed by atoms with van der Waals surface area (Å²) in [6.07, 6.45) is 4.46. The van der Waals surface area contributed by atoms with Crippen LogP contribution in [0.3, 0.4) is 0 Å². The Bertz CT molecular complexity index is 656. The fraction of sp³-hybridized carbons (Fsp3) is 0.533. The summed E-state index contributed by atoms with van der Waals surface area (Å²) in [7, 11) is 0. The Morgan fingerprint density at radius 3 is 2.70 bits per heavy atom. The lowest BCUT2D eigenvalue weighted by Gasteiger charge is -2.44. The van der Waals surface area contributed by atoms with Gasteiger partial charge in [0.25, 0.3) is 0 Å². The largest absolute Gasteiger partial charge is 0.320 e. The van der Waals surface area contributed by atoms with Crippen molar-refractivity contribution in [2.45, 2.75) is 50.4 Å². The van der Waals surface area contributed by atoms with Crippen molar-refractivity contribution < 1.29 is 4.39 Å². The SMILES string of the molecule is CCC1(n2c(C(C)Cl)nc3cc(Br)c(F)cc32)CCC1. The van der Waals surface area contributed by atoms with Crippen LogP contribution in [0.1, 0.15) is 50.7 Å². The summed E-state index contributed by atoms with van der Waals surface area (Å²) in [5.74, 6) is 0.596. The topological polar surface area (TPSA) is 17.8 Å². The van der Waals surface area contributed by atoms with E-state index in [1.54, 1.807) is 12.1 Å². The lowest BCUT2D eigenvalue weighted by Crippen LogP contribution is -2.41. The molecule has 0 radical (unpaired) electrons. The zero-order valence-electron chi connectivity index (χ0n) is 11.6. The number of rotatable bonds is 3. The van der Waals surface area contributed by atoms with Crippen LogP contribution in [0.25, 0.3) is 11.0 Å². The van der Waals surface area contributed by atoms with Gasteiger partial charge in [-0.2, -0.15) is 0 Å². The highest BCUT2D eigenvalue weighted by Crippen LogP contribution is 2.46. The highest BCUT2D eigenvalue weighted by Gasteiger charge is 2.40. The molecule has 1 heterocycles. The van der Waals surface area contributed by atoms with Crippen molar-refractivity contribution >= 4 is 38.6 Å². The Morgan fingerprint density at radius 2 is 2.20 bits per heavy atom. The molecular weight excluding hydrogens is 343 g/mol. The number of nitrogens with zero attached hydrogens (tertiary/aromatic N) is 2. The molecule has 0 bridgehead atoms.